The van der Waals surface area contributed by atoms with Crippen molar-refractivity contribution in [3.63, 3.8) is 0 Å². The Labute approximate surface area is 161 Å². The van der Waals surface area contributed by atoms with Crippen LogP contribution in [0.4, 0.5) is 0 Å². The van der Waals surface area contributed by atoms with E-state index in [1.165, 1.54) is 18.4 Å². The van der Waals surface area contributed by atoms with E-state index in [-0.39, 0.29) is 24.0 Å². The number of benzene rings is 1. The minimum absolute atomic E-state index is 0. The van der Waals surface area contributed by atoms with Gasteiger partial charge in [-0.3, -0.25) is 4.99 Å². The third-order valence-electron chi connectivity index (χ3n) is 4.32. The first kappa shape index (κ1) is 18.8. The minimum atomic E-state index is 0. The van der Waals surface area contributed by atoms with E-state index >= 15 is 0 Å². The van der Waals surface area contributed by atoms with E-state index in [2.05, 4.69) is 51.5 Å². The highest BCUT2D eigenvalue weighted by Crippen LogP contribution is 2.15. The number of rotatable bonds is 3. The highest BCUT2D eigenvalue weighted by molar-refractivity contribution is 14.0. The topological polar surface area (TPSA) is 45.5 Å². The second kappa shape index (κ2) is 9.05. The Hall–Kier alpha value is -1.57. The molecule has 0 spiro atoms. The second-order valence-corrected chi connectivity index (χ2v) is 6.21. The third-order valence-corrected chi connectivity index (χ3v) is 4.32. The molecule has 0 saturated carbocycles. The van der Waals surface area contributed by atoms with E-state index in [9.17, 15) is 0 Å². The zero-order valence-electron chi connectivity index (χ0n) is 14.4. The van der Waals surface area contributed by atoms with Crippen molar-refractivity contribution in [3.05, 3.63) is 48.3 Å². The number of halogens is 1. The molecule has 1 atom stereocenters. The van der Waals surface area contributed by atoms with Gasteiger partial charge in [0.05, 0.1) is 5.69 Å². The molecule has 1 saturated heterocycles. The molecule has 6 heteroatoms. The zero-order valence-corrected chi connectivity index (χ0v) is 16.7. The highest BCUT2D eigenvalue weighted by Gasteiger charge is 2.18. The second-order valence-electron chi connectivity index (χ2n) is 6.21. The Morgan fingerprint density at radius 1 is 1.33 bits per heavy atom. The molecule has 2 aromatic rings. The minimum Gasteiger partial charge on any atom is -0.352 e. The lowest BCUT2D eigenvalue weighted by molar-refractivity contribution is 0.266. The number of piperidine rings is 1. The van der Waals surface area contributed by atoms with E-state index in [0.717, 1.165) is 37.2 Å². The fourth-order valence-electron chi connectivity index (χ4n) is 3.08. The van der Waals surface area contributed by atoms with Gasteiger partial charge in [0.2, 0.25) is 0 Å². The molecule has 24 heavy (non-hydrogen) atoms. The summed E-state index contributed by atoms with van der Waals surface area (Å²) in [6.07, 6.45) is 6.31. The first-order valence-electron chi connectivity index (χ1n) is 8.31. The summed E-state index contributed by atoms with van der Waals surface area (Å²) in [5.74, 6) is 1.75. The molecular weight excluding hydrogens is 413 g/mol. The van der Waals surface area contributed by atoms with Gasteiger partial charge in [-0.1, -0.05) is 19.1 Å². The van der Waals surface area contributed by atoms with Crippen molar-refractivity contribution in [3.8, 4) is 5.69 Å². The Balaban J connectivity index is 0.00000208. The van der Waals surface area contributed by atoms with Crippen LogP contribution in [-0.2, 0) is 6.54 Å². The van der Waals surface area contributed by atoms with E-state index < -0.39 is 0 Å². The molecule has 1 aromatic heterocycles. The van der Waals surface area contributed by atoms with Crippen LogP contribution in [0.2, 0.25) is 0 Å². The van der Waals surface area contributed by atoms with Crippen LogP contribution in [0.5, 0.6) is 0 Å². The molecule has 1 aliphatic rings. The van der Waals surface area contributed by atoms with Crippen LogP contribution in [0.3, 0.4) is 0 Å². The Bertz CT molecular complexity index is 636. The van der Waals surface area contributed by atoms with Crippen molar-refractivity contribution < 1.29 is 0 Å². The average Bonchev–Trinajstić information content (AvgIpc) is 3.11. The molecule has 3 rings (SSSR count). The number of guanidine groups is 1. The third kappa shape index (κ3) is 4.72. The number of hydrogen-bond acceptors (Lipinski definition) is 2. The lowest BCUT2D eigenvalue weighted by atomic mass is 10.0. The number of hydrogen-bond donors (Lipinski definition) is 1. The van der Waals surface area contributed by atoms with Crippen LogP contribution in [0.15, 0.2) is 47.7 Å². The largest absolute Gasteiger partial charge is 0.352 e. The number of nitrogens with one attached hydrogen (secondary N) is 1. The summed E-state index contributed by atoms with van der Waals surface area (Å²) in [5, 5.41) is 7.73. The number of nitrogens with zero attached hydrogens (tertiary/aromatic N) is 4. The van der Waals surface area contributed by atoms with Gasteiger partial charge in [0.25, 0.3) is 0 Å². The first-order valence-corrected chi connectivity index (χ1v) is 8.31. The molecule has 2 heterocycles. The fourth-order valence-corrected chi connectivity index (χ4v) is 3.08. The summed E-state index contributed by atoms with van der Waals surface area (Å²) in [7, 11) is 1.86. The monoisotopic (exact) mass is 439 g/mol. The van der Waals surface area contributed by atoms with Gasteiger partial charge in [0.15, 0.2) is 5.96 Å². The molecular formula is C18H26IN5. The molecule has 1 unspecified atom stereocenters. The lowest BCUT2D eigenvalue weighted by Gasteiger charge is -2.33. The van der Waals surface area contributed by atoms with Gasteiger partial charge in [-0.2, -0.15) is 5.10 Å². The van der Waals surface area contributed by atoms with Crippen LogP contribution in [0.1, 0.15) is 25.3 Å². The van der Waals surface area contributed by atoms with Gasteiger partial charge in [0, 0.05) is 39.1 Å². The number of aromatic nitrogens is 2. The summed E-state index contributed by atoms with van der Waals surface area (Å²) >= 11 is 0. The van der Waals surface area contributed by atoms with Crippen LogP contribution in [0.25, 0.3) is 5.69 Å². The molecule has 1 fully saturated rings. The Kier molecular flexibility index (Phi) is 7.08. The summed E-state index contributed by atoms with van der Waals surface area (Å²) in [6.45, 7) is 5.30. The smallest absolute Gasteiger partial charge is 0.193 e. The maximum Gasteiger partial charge on any atom is 0.193 e. The van der Waals surface area contributed by atoms with E-state index in [1.807, 2.05) is 24.0 Å². The van der Waals surface area contributed by atoms with Crippen LogP contribution < -0.4 is 5.32 Å². The van der Waals surface area contributed by atoms with Crippen molar-refractivity contribution in [1.82, 2.24) is 20.0 Å². The summed E-state index contributed by atoms with van der Waals surface area (Å²) in [4.78, 5) is 6.80. The Morgan fingerprint density at radius 3 is 2.75 bits per heavy atom. The number of likely N-dealkylation sites (tertiary alicyclic amines) is 1. The van der Waals surface area contributed by atoms with E-state index in [0.29, 0.717) is 0 Å². The molecule has 1 N–H and O–H groups in total. The predicted octanol–water partition coefficient (Wildman–Crippen LogP) is 3.30. The normalized spacial score (nSPS) is 18.2. The molecule has 0 amide bonds. The van der Waals surface area contributed by atoms with Crippen molar-refractivity contribution in [2.45, 2.75) is 26.3 Å². The Morgan fingerprint density at radius 2 is 2.12 bits per heavy atom. The highest BCUT2D eigenvalue weighted by atomic mass is 127. The summed E-state index contributed by atoms with van der Waals surface area (Å²) in [6, 6.07) is 10.4. The maximum absolute atomic E-state index is 4.44. The quantitative estimate of drug-likeness (QED) is 0.454. The van der Waals surface area contributed by atoms with Gasteiger partial charge in [-0.05, 0) is 42.5 Å². The van der Waals surface area contributed by atoms with Crippen LogP contribution >= 0.6 is 24.0 Å². The SMILES string of the molecule is CN=C(NCc1ccc(-n2cccn2)cc1)N1CCCC(C)C1.I. The van der Waals surface area contributed by atoms with Crippen molar-refractivity contribution >= 4 is 29.9 Å². The van der Waals surface area contributed by atoms with Crippen LogP contribution in [0, 0.1) is 5.92 Å². The maximum atomic E-state index is 4.44. The first-order chi connectivity index (χ1) is 11.3. The van der Waals surface area contributed by atoms with Crippen molar-refractivity contribution in [2.75, 3.05) is 20.1 Å². The van der Waals surface area contributed by atoms with Crippen LogP contribution in [-0.4, -0.2) is 40.8 Å². The average molecular weight is 439 g/mol. The fraction of sp³-hybridized carbons (Fsp3) is 0.444. The summed E-state index contributed by atoms with van der Waals surface area (Å²) < 4.78 is 1.87. The number of aliphatic imine (C=N–C) groups is 1. The zero-order chi connectivity index (χ0) is 16.1. The van der Waals surface area contributed by atoms with Crippen molar-refractivity contribution in [2.24, 2.45) is 10.9 Å². The lowest BCUT2D eigenvalue weighted by Crippen LogP contribution is -2.45. The van der Waals surface area contributed by atoms with Gasteiger partial charge >= 0.3 is 0 Å². The molecule has 0 aliphatic carbocycles. The van der Waals surface area contributed by atoms with Gasteiger partial charge < -0.3 is 10.2 Å². The van der Waals surface area contributed by atoms with E-state index in [4.69, 9.17) is 0 Å². The van der Waals surface area contributed by atoms with E-state index in [1.54, 1.807) is 6.20 Å². The molecule has 0 radical (unpaired) electrons. The molecule has 1 aliphatic heterocycles. The van der Waals surface area contributed by atoms with Crippen molar-refractivity contribution in [1.29, 1.82) is 0 Å². The molecule has 0 bridgehead atoms. The van der Waals surface area contributed by atoms with Gasteiger partial charge in [0.1, 0.15) is 0 Å². The molecule has 1 aromatic carbocycles. The van der Waals surface area contributed by atoms with Gasteiger partial charge in [-0.25, -0.2) is 4.68 Å². The summed E-state index contributed by atoms with van der Waals surface area (Å²) in [5.41, 5.74) is 2.32. The van der Waals surface area contributed by atoms with Gasteiger partial charge in [-0.15, -0.1) is 24.0 Å². The molecule has 5 nitrogen and oxygen atoms in total. The molecule has 130 valence electrons. The standard InChI is InChI=1S/C18H25N5.HI/c1-15-5-3-11-22(14-15)18(19-2)20-13-16-6-8-17(9-7-16)23-12-4-10-21-23;/h4,6-10,12,15H,3,5,11,13-14H2,1-2H3,(H,19,20);1H. The predicted molar refractivity (Wildman–Crippen MR) is 109 cm³/mol.